The zero-order chi connectivity index (χ0) is 15.0. The Hall–Kier alpha value is -2.05. The van der Waals surface area contributed by atoms with Crippen LogP contribution in [0.15, 0.2) is 39.9 Å². The molecule has 1 saturated heterocycles. The Kier molecular flexibility index (Phi) is 3.57. The molecule has 0 N–H and O–H groups in total. The zero-order valence-corrected chi connectivity index (χ0v) is 12.0. The fourth-order valence-electron chi connectivity index (χ4n) is 2.28. The molecule has 1 unspecified atom stereocenters. The minimum atomic E-state index is -0.491. The first kappa shape index (κ1) is 13.9. The molecule has 21 heavy (non-hydrogen) atoms. The summed E-state index contributed by atoms with van der Waals surface area (Å²) in [6.45, 7) is 2.63. The van der Waals surface area contributed by atoms with Crippen LogP contribution in [-0.4, -0.2) is 29.7 Å². The largest absolute Gasteiger partial charge is 0.423 e. The van der Waals surface area contributed by atoms with Crippen molar-refractivity contribution >= 4 is 23.2 Å². The maximum atomic E-state index is 12.1. The molecule has 110 valence electrons. The maximum Gasteiger partial charge on any atom is 0.423 e. The van der Waals surface area contributed by atoms with E-state index in [1.165, 1.54) is 17.0 Å². The van der Waals surface area contributed by atoms with Gasteiger partial charge in [0.1, 0.15) is 12.4 Å². The normalized spacial score (nSPS) is 19.0. The molecule has 2 heterocycles. The number of oxazole rings is 1. The third-order valence-corrected chi connectivity index (χ3v) is 3.67. The molecule has 1 aliphatic rings. The minimum absolute atomic E-state index is 0.128. The van der Waals surface area contributed by atoms with E-state index >= 15 is 0 Å². The lowest BCUT2D eigenvalue weighted by Gasteiger charge is -2.31. The molecule has 1 aromatic heterocycles. The number of hydrogen-bond acceptors (Lipinski definition) is 4. The molecule has 1 aromatic carbocycles. The molecular weight excluding hydrogens is 296 g/mol. The van der Waals surface area contributed by atoms with Crippen LogP contribution in [0.2, 0.25) is 5.02 Å². The molecule has 6 nitrogen and oxygen atoms in total. The van der Waals surface area contributed by atoms with Gasteiger partial charge in [0.05, 0.1) is 29.2 Å². The first-order chi connectivity index (χ1) is 10.1. The Balaban J connectivity index is 1.97. The van der Waals surface area contributed by atoms with Crippen LogP contribution < -0.4 is 10.7 Å². The minimum Gasteiger partial charge on any atom is -0.416 e. The number of rotatable bonds is 2. The van der Waals surface area contributed by atoms with Gasteiger partial charge in [-0.05, 0) is 25.1 Å². The third kappa shape index (κ3) is 2.48. The Bertz CT molecular complexity index is 737. The van der Waals surface area contributed by atoms with E-state index in [1.54, 1.807) is 30.0 Å². The van der Waals surface area contributed by atoms with Crippen LogP contribution in [0.3, 0.4) is 0 Å². The van der Waals surface area contributed by atoms with Gasteiger partial charge >= 0.3 is 5.76 Å². The van der Waals surface area contributed by atoms with Crippen molar-refractivity contribution in [1.29, 1.82) is 0 Å². The monoisotopic (exact) mass is 308 g/mol. The summed E-state index contributed by atoms with van der Waals surface area (Å²) in [6, 6.07) is 5.06. The smallest absolute Gasteiger partial charge is 0.416 e. The summed E-state index contributed by atoms with van der Waals surface area (Å²) >= 11 is 6.26. The van der Waals surface area contributed by atoms with E-state index in [0.29, 0.717) is 29.5 Å². The van der Waals surface area contributed by atoms with Crippen molar-refractivity contribution in [2.75, 3.05) is 18.1 Å². The summed E-state index contributed by atoms with van der Waals surface area (Å²) in [5.41, 5.74) is 1.19. The average molecular weight is 309 g/mol. The van der Waals surface area contributed by atoms with Gasteiger partial charge in [-0.25, -0.2) is 9.36 Å². The molecule has 3 rings (SSSR count). The predicted octanol–water partition coefficient (Wildman–Crippen LogP) is 1.84. The molecule has 0 bridgehead atoms. The van der Waals surface area contributed by atoms with Crippen molar-refractivity contribution in [3.63, 3.8) is 0 Å². The van der Waals surface area contributed by atoms with Gasteiger partial charge in [-0.15, -0.1) is 0 Å². The molecule has 2 aromatic rings. The molecular formula is C14H13ClN2O4. The number of benzene rings is 1. The number of aromatic nitrogens is 1. The summed E-state index contributed by atoms with van der Waals surface area (Å²) < 4.78 is 11.3. The van der Waals surface area contributed by atoms with Gasteiger partial charge in [-0.1, -0.05) is 11.6 Å². The van der Waals surface area contributed by atoms with E-state index < -0.39 is 11.9 Å². The molecule has 1 aliphatic heterocycles. The van der Waals surface area contributed by atoms with Gasteiger partial charge < -0.3 is 14.1 Å². The van der Waals surface area contributed by atoms with Crippen molar-refractivity contribution in [1.82, 2.24) is 4.57 Å². The Morgan fingerprint density at radius 2 is 2.14 bits per heavy atom. The SMILES string of the molecule is CC1OCCN(c2ccc(-n3ccoc3=O)cc2Cl)C1=O. The number of ether oxygens (including phenoxy) is 1. The van der Waals surface area contributed by atoms with E-state index in [-0.39, 0.29) is 5.91 Å². The fraction of sp³-hybridized carbons (Fsp3) is 0.286. The van der Waals surface area contributed by atoms with Crippen LogP contribution in [0.4, 0.5) is 5.69 Å². The second kappa shape index (κ2) is 5.38. The lowest BCUT2D eigenvalue weighted by Crippen LogP contribution is -2.46. The molecule has 0 saturated carbocycles. The second-order valence-corrected chi connectivity index (χ2v) is 5.08. The van der Waals surface area contributed by atoms with Crippen molar-refractivity contribution in [3.8, 4) is 5.69 Å². The fourth-order valence-corrected chi connectivity index (χ4v) is 2.56. The first-order valence-corrected chi connectivity index (χ1v) is 6.85. The Morgan fingerprint density at radius 3 is 2.81 bits per heavy atom. The van der Waals surface area contributed by atoms with Crippen LogP contribution in [0, 0.1) is 0 Å². The third-order valence-electron chi connectivity index (χ3n) is 3.37. The highest BCUT2D eigenvalue weighted by Crippen LogP contribution is 2.29. The number of anilines is 1. The first-order valence-electron chi connectivity index (χ1n) is 6.47. The molecule has 1 amide bonds. The van der Waals surface area contributed by atoms with Gasteiger partial charge in [-0.2, -0.15) is 0 Å². The molecule has 1 atom stereocenters. The van der Waals surface area contributed by atoms with Crippen LogP contribution in [0.5, 0.6) is 0 Å². The standard InChI is InChI=1S/C14H13ClN2O4/c1-9-13(18)17(5-6-20-9)12-3-2-10(8-11(12)15)16-4-7-21-14(16)19/h2-4,7-9H,5-6H2,1H3. The number of nitrogens with zero attached hydrogens (tertiary/aromatic N) is 2. The second-order valence-electron chi connectivity index (χ2n) is 4.68. The van der Waals surface area contributed by atoms with Gasteiger partial charge in [0.15, 0.2) is 0 Å². The number of morpholine rings is 1. The van der Waals surface area contributed by atoms with E-state index in [9.17, 15) is 9.59 Å². The molecule has 0 radical (unpaired) electrons. The molecule has 7 heteroatoms. The highest BCUT2D eigenvalue weighted by Gasteiger charge is 2.28. The molecule has 1 fully saturated rings. The van der Waals surface area contributed by atoms with E-state index in [1.807, 2.05) is 0 Å². The average Bonchev–Trinajstić information content (AvgIpc) is 2.88. The number of carbonyl (C=O) groups excluding carboxylic acids is 1. The lowest BCUT2D eigenvalue weighted by atomic mass is 10.2. The quantitative estimate of drug-likeness (QED) is 0.849. The Morgan fingerprint density at radius 1 is 1.33 bits per heavy atom. The van der Waals surface area contributed by atoms with Gasteiger partial charge in [-0.3, -0.25) is 4.79 Å². The number of carbonyl (C=O) groups is 1. The topological polar surface area (TPSA) is 64.7 Å². The number of halogens is 1. The van der Waals surface area contributed by atoms with Crippen LogP contribution >= 0.6 is 11.6 Å². The van der Waals surface area contributed by atoms with Crippen molar-refractivity contribution in [2.45, 2.75) is 13.0 Å². The summed E-state index contributed by atoms with van der Waals surface area (Å²) in [7, 11) is 0. The van der Waals surface area contributed by atoms with Crippen molar-refractivity contribution in [2.24, 2.45) is 0 Å². The van der Waals surface area contributed by atoms with Crippen LogP contribution in [-0.2, 0) is 9.53 Å². The zero-order valence-electron chi connectivity index (χ0n) is 11.3. The Labute approximate surface area is 125 Å². The highest BCUT2D eigenvalue weighted by atomic mass is 35.5. The summed E-state index contributed by atoms with van der Waals surface area (Å²) in [4.78, 5) is 25.2. The molecule has 0 aliphatic carbocycles. The highest BCUT2D eigenvalue weighted by molar-refractivity contribution is 6.34. The number of amides is 1. The summed E-state index contributed by atoms with van der Waals surface area (Å²) in [6.07, 6.45) is 2.33. The summed E-state index contributed by atoms with van der Waals surface area (Å²) in [5.74, 6) is -0.619. The summed E-state index contributed by atoms with van der Waals surface area (Å²) in [5, 5.41) is 0.392. The van der Waals surface area contributed by atoms with E-state index in [2.05, 4.69) is 0 Å². The van der Waals surface area contributed by atoms with Crippen molar-refractivity contribution in [3.05, 3.63) is 46.2 Å². The van der Waals surface area contributed by atoms with Gasteiger partial charge in [0.25, 0.3) is 5.91 Å². The molecule has 0 spiro atoms. The van der Waals surface area contributed by atoms with Gasteiger partial charge in [0.2, 0.25) is 0 Å². The maximum absolute atomic E-state index is 12.1. The van der Waals surface area contributed by atoms with E-state index in [4.69, 9.17) is 20.8 Å². The van der Waals surface area contributed by atoms with Gasteiger partial charge in [0, 0.05) is 6.54 Å². The van der Waals surface area contributed by atoms with Crippen molar-refractivity contribution < 1.29 is 13.9 Å². The number of hydrogen-bond donors (Lipinski definition) is 0. The van der Waals surface area contributed by atoms with E-state index in [0.717, 1.165) is 0 Å². The predicted molar refractivity (Wildman–Crippen MR) is 77.1 cm³/mol. The lowest BCUT2D eigenvalue weighted by molar-refractivity contribution is -0.132. The van der Waals surface area contributed by atoms with Crippen LogP contribution in [0.1, 0.15) is 6.92 Å². The van der Waals surface area contributed by atoms with Crippen LogP contribution in [0.25, 0.3) is 5.69 Å².